The van der Waals surface area contributed by atoms with Gasteiger partial charge in [-0.1, -0.05) is 13.8 Å². The van der Waals surface area contributed by atoms with Gasteiger partial charge in [0, 0.05) is 18.8 Å². The van der Waals surface area contributed by atoms with E-state index in [1.54, 1.807) is 0 Å². The second-order valence-electron chi connectivity index (χ2n) is 8.93. The van der Waals surface area contributed by atoms with Gasteiger partial charge in [0.05, 0.1) is 25.6 Å². The van der Waals surface area contributed by atoms with Gasteiger partial charge in [-0.25, -0.2) is 4.98 Å². The highest BCUT2D eigenvalue weighted by molar-refractivity contribution is 5.49. The zero-order valence-corrected chi connectivity index (χ0v) is 18.6. The molecule has 0 aliphatic carbocycles. The van der Waals surface area contributed by atoms with Crippen molar-refractivity contribution in [3.63, 3.8) is 0 Å². The quantitative estimate of drug-likeness (QED) is 0.657. The molecule has 1 aromatic carbocycles. The second kappa shape index (κ2) is 8.38. The number of nitrogens with zero attached hydrogens (tertiary/aromatic N) is 2. The lowest BCUT2D eigenvalue weighted by molar-refractivity contribution is -0.183. The van der Waals surface area contributed by atoms with E-state index in [1.807, 2.05) is 18.7 Å². The van der Waals surface area contributed by atoms with Crippen molar-refractivity contribution in [3.8, 4) is 0 Å². The molecule has 28 heavy (non-hydrogen) atoms. The zero-order chi connectivity index (χ0) is 20.5. The predicted molar refractivity (Wildman–Crippen MR) is 114 cm³/mol. The Morgan fingerprint density at radius 2 is 1.71 bits per heavy atom. The van der Waals surface area contributed by atoms with Crippen LogP contribution in [0.2, 0.25) is 0 Å². The fraction of sp³-hybridized carbons (Fsp3) is 0.625. The Morgan fingerprint density at radius 3 is 2.29 bits per heavy atom. The van der Waals surface area contributed by atoms with E-state index in [0.717, 1.165) is 19.3 Å². The van der Waals surface area contributed by atoms with Crippen LogP contribution in [0, 0.1) is 40.5 Å². The molecule has 154 valence electrons. The molecule has 2 aromatic rings. The molecule has 1 aliphatic heterocycles. The minimum Gasteiger partial charge on any atom is -0.345 e. The van der Waals surface area contributed by atoms with Gasteiger partial charge < -0.3 is 14.0 Å². The summed E-state index contributed by atoms with van der Waals surface area (Å²) in [7, 11) is 0. The largest absolute Gasteiger partial charge is 0.345 e. The Bertz CT molecular complexity index is 782. The maximum absolute atomic E-state index is 6.55. The van der Waals surface area contributed by atoms with E-state index < -0.39 is 5.79 Å². The normalized spacial score (nSPS) is 22.4. The highest BCUT2D eigenvalue weighted by Crippen LogP contribution is 2.35. The second-order valence-corrected chi connectivity index (χ2v) is 8.93. The van der Waals surface area contributed by atoms with Crippen LogP contribution >= 0.6 is 0 Å². The van der Waals surface area contributed by atoms with E-state index in [2.05, 4.69) is 58.0 Å². The molecule has 0 radical (unpaired) electrons. The third-order valence-electron chi connectivity index (χ3n) is 6.54. The first kappa shape index (κ1) is 21.1. The molecule has 2 unspecified atom stereocenters. The van der Waals surface area contributed by atoms with Crippen LogP contribution in [0.15, 0.2) is 18.7 Å². The number of imidazole rings is 1. The first-order valence-corrected chi connectivity index (χ1v) is 10.6. The summed E-state index contributed by atoms with van der Waals surface area (Å²) >= 11 is 0. The summed E-state index contributed by atoms with van der Waals surface area (Å²) in [6.45, 7) is 17.1. The summed E-state index contributed by atoms with van der Waals surface area (Å²) < 4.78 is 15.0. The molecule has 0 bridgehead atoms. The van der Waals surface area contributed by atoms with Crippen molar-refractivity contribution in [2.45, 2.75) is 86.2 Å². The number of ether oxygens (including phenoxy) is 2. The Morgan fingerprint density at radius 1 is 1.07 bits per heavy atom. The topological polar surface area (TPSA) is 36.3 Å². The van der Waals surface area contributed by atoms with Gasteiger partial charge >= 0.3 is 0 Å². The van der Waals surface area contributed by atoms with Crippen LogP contribution in [0.1, 0.15) is 60.1 Å². The maximum Gasteiger partial charge on any atom is 0.187 e. The van der Waals surface area contributed by atoms with Crippen molar-refractivity contribution in [1.29, 1.82) is 0 Å². The smallest absolute Gasteiger partial charge is 0.187 e. The Labute approximate surface area is 170 Å². The monoisotopic (exact) mass is 384 g/mol. The van der Waals surface area contributed by atoms with Crippen LogP contribution in [-0.2, 0) is 22.4 Å². The molecule has 0 N–H and O–H groups in total. The Kier molecular flexibility index (Phi) is 6.31. The molecule has 1 fully saturated rings. The van der Waals surface area contributed by atoms with E-state index in [9.17, 15) is 0 Å². The molecule has 1 saturated heterocycles. The highest BCUT2D eigenvalue weighted by atomic mass is 16.7. The summed E-state index contributed by atoms with van der Waals surface area (Å²) in [5.74, 6) is 0.0239. The molecule has 2 atom stereocenters. The summed E-state index contributed by atoms with van der Waals surface area (Å²) in [5, 5.41) is 0. The van der Waals surface area contributed by atoms with E-state index in [1.165, 1.54) is 33.4 Å². The van der Waals surface area contributed by atoms with Crippen molar-refractivity contribution >= 4 is 0 Å². The van der Waals surface area contributed by atoms with Crippen molar-refractivity contribution in [2.24, 2.45) is 5.92 Å². The lowest BCUT2D eigenvalue weighted by Crippen LogP contribution is -2.37. The van der Waals surface area contributed by atoms with Crippen molar-refractivity contribution in [3.05, 3.63) is 52.1 Å². The van der Waals surface area contributed by atoms with Crippen LogP contribution in [0.3, 0.4) is 0 Å². The first-order chi connectivity index (χ1) is 13.2. The van der Waals surface area contributed by atoms with Gasteiger partial charge in [0.2, 0.25) is 0 Å². The van der Waals surface area contributed by atoms with Gasteiger partial charge in [-0.05, 0) is 86.8 Å². The Hall–Kier alpha value is -1.65. The van der Waals surface area contributed by atoms with E-state index in [0.29, 0.717) is 19.1 Å². The minimum absolute atomic E-state index is 0.173. The van der Waals surface area contributed by atoms with Gasteiger partial charge in [-0.2, -0.15) is 0 Å². The van der Waals surface area contributed by atoms with E-state index >= 15 is 0 Å². The fourth-order valence-corrected chi connectivity index (χ4v) is 4.48. The SMILES string of the molecule is Cc1c(C)c(C)c(CCC2(Cn3ccnc3)OCC(CC(C)C)O2)c(C)c1C. The third-order valence-corrected chi connectivity index (χ3v) is 6.54. The molecule has 2 heterocycles. The number of hydrogen-bond donors (Lipinski definition) is 0. The van der Waals surface area contributed by atoms with Crippen molar-refractivity contribution < 1.29 is 9.47 Å². The summed E-state index contributed by atoms with van der Waals surface area (Å²) in [5.41, 5.74) is 8.51. The fourth-order valence-electron chi connectivity index (χ4n) is 4.48. The third kappa shape index (κ3) is 4.33. The van der Waals surface area contributed by atoms with Crippen LogP contribution in [0.25, 0.3) is 0 Å². The van der Waals surface area contributed by atoms with Crippen LogP contribution in [0.4, 0.5) is 0 Å². The number of benzene rings is 1. The van der Waals surface area contributed by atoms with Gasteiger partial charge in [-0.3, -0.25) is 0 Å². The summed E-state index contributed by atoms with van der Waals surface area (Å²) in [6, 6.07) is 0. The van der Waals surface area contributed by atoms with Crippen molar-refractivity contribution in [2.75, 3.05) is 6.61 Å². The van der Waals surface area contributed by atoms with Gasteiger partial charge in [0.25, 0.3) is 0 Å². The number of rotatable bonds is 7. The molecule has 1 aliphatic rings. The molecule has 0 spiro atoms. The standard InChI is InChI=1S/C24H36N2O2/c1-16(2)12-22-13-27-24(28-22,14-26-11-10-25-15-26)9-8-23-20(6)18(4)17(3)19(5)21(23)7/h10-11,15-16,22H,8-9,12-14H2,1-7H3. The van der Waals surface area contributed by atoms with Gasteiger partial charge in [-0.15, -0.1) is 0 Å². The number of aromatic nitrogens is 2. The number of hydrogen-bond acceptors (Lipinski definition) is 3. The predicted octanol–water partition coefficient (Wildman–Crippen LogP) is 5.22. The molecule has 0 amide bonds. The first-order valence-electron chi connectivity index (χ1n) is 10.6. The molecule has 4 heteroatoms. The molecular formula is C24H36N2O2. The molecule has 0 saturated carbocycles. The van der Waals surface area contributed by atoms with E-state index in [-0.39, 0.29) is 6.10 Å². The zero-order valence-electron chi connectivity index (χ0n) is 18.6. The van der Waals surface area contributed by atoms with Gasteiger partial charge in [0.1, 0.15) is 0 Å². The molecular weight excluding hydrogens is 348 g/mol. The Balaban J connectivity index is 1.83. The van der Waals surface area contributed by atoms with Gasteiger partial charge in [0.15, 0.2) is 5.79 Å². The molecule has 1 aromatic heterocycles. The van der Waals surface area contributed by atoms with Crippen LogP contribution < -0.4 is 0 Å². The lowest BCUT2D eigenvalue weighted by Gasteiger charge is -2.30. The maximum atomic E-state index is 6.55. The van der Waals surface area contributed by atoms with E-state index in [4.69, 9.17) is 9.47 Å². The van der Waals surface area contributed by atoms with Crippen LogP contribution in [0.5, 0.6) is 0 Å². The minimum atomic E-state index is -0.578. The summed E-state index contributed by atoms with van der Waals surface area (Å²) in [4.78, 5) is 4.19. The average molecular weight is 385 g/mol. The highest BCUT2D eigenvalue weighted by Gasteiger charge is 2.42. The van der Waals surface area contributed by atoms with Crippen LogP contribution in [-0.4, -0.2) is 28.0 Å². The molecule has 4 nitrogen and oxygen atoms in total. The average Bonchev–Trinajstić information content (AvgIpc) is 3.28. The van der Waals surface area contributed by atoms with Crippen molar-refractivity contribution in [1.82, 2.24) is 9.55 Å². The molecule has 3 rings (SSSR count). The lowest BCUT2D eigenvalue weighted by atomic mass is 9.87. The summed E-state index contributed by atoms with van der Waals surface area (Å²) in [6.07, 6.45) is 8.67.